The summed E-state index contributed by atoms with van der Waals surface area (Å²) in [5.41, 5.74) is 6.57. The first-order chi connectivity index (χ1) is 11.6. The zero-order chi connectivity index (χ0) is 17.2. The summed E-state index contributed by atoms with van der Waals surface area (Å²) in [6.45, 7) is 2.75. The van der Waals surface area contributed by atoms with Gasteiger partial charge in [-0.2, -0.15) is 8.78 Å². The number of guanidine groups is 1. The average molecular weight is 470 g/mol. The van der Waals surface area contributed by atoms with Crippen molar-refractivity contribution < 1.29 is 18.3 Å². The fraction of sp³-hybridized carbons (Fsp3) is 0.562. The van der Waals surface area contributed by atoms with Crippen molar-refractivity contribution in [3.63, 3.8) is 0 Å². The highest BCUT2D eigenvalue weighted by Gasteiger charge is 2.09. The van der Waals surface area contributed by atoms with Crippen LogP contribution in [0.4, 0.5) is 8.78 Å². The van der Waals surface area contributed by atoms with Crippen LogP contribution in [0, 0.1) is 0 Å². The average Bonchev–Trinajstić information content (AvgIpc) is 2.58. The largest absolute Gasteiger partial charge is 0.435 e. The third-order valence-corrected chi connectivity index (χ3v) is 3.62. The van der Waals surface area contributed by atoms with Crippen LogP contribution in [0.3, 0.4) is 0 Å². The molecule has 9 heteroatoms. The molecule has 0 aromatic heterocycles. The van der Waals surface area contributed by atoms with Gasteiger partial charge in [0.25, 0.3) is 0 Å². The Kier molecular flexibility index (Phi) is 10.7. The first-order valence-corrected chi connectivity index (χ1v) is 8.01. The summed E-state index contributed by atoms with van der Waals surface area (Å²) in [5.74, 6) is 0.465. The summed E-state index contributed by atoms with van der Waals surface area (Å²) in [5, 5.41) is 3.06. The number of halogens is 3. The monoisotopic (exact) mass is 470 g/mol. The summed E-state index contributed by atoms with van der Waals surface area (Å²) in [6.07, 6.45) is 0.966. The first-order valence-electron chi connectivity index (χ1n) is 8.01. The zero-order valence-electron chi connectivity index (χ0n) is 14.0. The molecule has 1 aromatic rings. The molecule has 0 saturated carbocycles. The fourth-order valence-corrected chi connectivity index (χ4v) is 2.40. The van der Waals surface area contributed by atoms with Crippen molar-refractivity contribution in [2.24, 2.45) is 10.7 Å². The van der Waals surface area contributed by atoms with E-state index in [2.05, 4.69) is 19.9 Å². The van der Waals surface area contributed by atoms with Gasteiger partial charge in [0.1, 0.15) is 5.75 Å². The second-order valence-corrected chi connectivity index (χ2v) is 5.46. The highest BCUT2D eigenvalue weighted by atomic mass is 127. The van der Waals surface area contributed by atoms with Crippen molar-refractivity contribution in [2.45, 2.75) is 19.6 Å². The van der Waals surface area contributed by atoms with Crippen LogP contribution in [0.25, 0.3) is 0 Å². The standard InChI is InChI=1S/C16H24F2N4O2.HI/c17-15(18)24-14-4-1-3-13(11-14)12-21-16(19)20-5-2-6-22-7-9-23-10-8-22;/h1,3-4,11,15H,2,5-10,12H2,(H3,19,20,21);1H. The normalized spacial score (nSPS) is 15.7. The number of rotatable bonds is 8. The number of alkyl halides is 2. The minimum Gasteiger partial charge on any atom is -0.435 e. The minimum atomic E-state index is -2.83. The SMILES string of the molecule is I.NC(=NCc1cccc(OC(F)F)c1)NCCCN1CCOCC1. The van der Waals surface area contributed by atoms with Gasteiger partial charge in [-0.3, -0.25) is 4.90 Å². The summed E-state index contributed by atoms with van der Waals surface area (Å²) >= 11 is 0. The van der Waals surface area contributed by atoms with E-state index in [-0.39, 0.29) is 29.7 Å². The topological polar surface area (TPSA) is 72.1 Å². The number of aliphatic imine (C=N–C) groups is 1. The molecule has 6 nitrogen and oxygen atoms in total. The predicted octanol–water partition coefficient (Wildman–Crippen LogP) is 2.03. The molecule has 0 spiro atoms. The molecule has 0 atom stereocenters. The lowest BCUT2D eigenvalue weighted by atomic mass is 10.2. The Morgan fingerprint density at radius 1 is 1.36 bits per heavy atom. The van der Waals surface area contributed by atoms with Gasteiger partial charge in [0.2, 0.25) is 0 Å². The maximum atomic E-state index is 12.2. The van der Waals surface area contributed by atoms with Crippen LogP contribution in [0.2, 0.25) is 0 Å². The zero-order valence-corrected chi connectivity index (χ0v) is 16.3. The fourth-order valence-electron chi connectivity index (χ4n) is 2.40. The van der Waals surface area contributed by atoms with E-state index in [1.165, 1.54) is 12.1 Å². The van der Waals surface area contributed by atoms with E-state index in [0.29, 0.717) is 12.5 Å². The van der Waals surface area contributed by atoms with Gasteiger partial charge >= 0.3 is 6.61 Å². The maximum Gasteiger partial charge on any atom is 0.387 e. The molecule has 1 heterocycles. The number of nitrogens with zero attached hydrogens (tertiary/aromatic N) is 2. The molecule has 142 valence electrons. The molecule has 1 saturated heterocycles. The molecule has 2 rings (SSSR count). The molecule has 0 aliphatic carbocycles. The van der Waals surface area contributed by atoms with Gasteiger partial charge < -0.3 is 20.5 Å². The van der Waals surface area contributed by atoms with E-state index in [9.17, 15) is 8.78 Å². The number of nitrogens with one attached hydrogen (secondary N) is 1. The van der Waals surface area contributed by atoms with Crippen molar-refractivity contribution in [3.05, 3.63) is 29.8 Å². The summed E-state index contributed by atoms with van der Waals surface area (Å²) < 4.78 is 34.0. The second kappa shape index (κ2) is 12.2. The van der Waals surface area contributed by atoms with Crippen LogP contribution in [-0.2, 0) is 11.3 Å². The summed E-state index contributed by atoms with van der Waals surface area (Å²) in [7, 11) is 0. The third-order valence-electron chi connectivity index (χ3n) is 3.62. The number of morpholine rings is 1. The molecule has 0 radical (unpaired) electrons. The highest BCUT2D eigenvalue weighted by molar-refractivity contribution is 14.0. The Bertz CT molecular complexity index is 529. The van der Waals surface area contributed by atoms with Gasteiger partial charge in [0.05, 0.1) is 19.8 Å². The highest BCUT2D eigenvalue weighted by Crippen LogP contribution is 2.16. The van der Waals surface area contributed by atoms with Crippen LogP contribution < -0.4 is 15.8 Å². The molecule has 1 fully saturated rings. The Labute approximate surface area is 163 Å². The number of ether oxygens (including phenoxy) is 2. The first kappa shape index (κ1) is 21.8. The van der Waals surface area contributed by atoms with Gasteiger partial charge in [-0.1, -0.05) is 12.1 Å². The maximum absolute atomic E-state index is 12.2. The lowest BCUT2D eigenvalue weighted by Gasteiger charge is -2.26. The Morgan fingerprint density at radius 3 is 2.84 bits per heavy atom. The molecule has 25 heavy (non-hydrogen) atoms. The number of benzene rings is 1. The molecule has 3 N–H and O–H groups in total. The van der Waals surface area contributed by atoms with Gasteiger partial charge in [0, 0.05) is 19.6 Å². The van der Waals surface area contributed by atoms with Gasteiger partial charge in [-0.15, -0.1) is 24.0 Å². The Balaban J connectivity index is 0.00000312. The number of hydrogen-bond donors (Lipinski definition) is 2. The van der Waals surface area contributed by atoms with Gasteiger partial charge in [-0.25, -0.2) is 4.99 Å². The molecule has 0 unspecified atom stereocenters. The summed E-state index contributed by atoms with van der Waals surface area (Å²) in [6, 6.07) is 6.44. The van der Waals surface area contributed by atoms with Gasteiger partial charge in [0.15, 0.2) is 5.96 Å². The lowest BCUT2D eigenvalue weighted by molar-refractivity contribution is -0.0498. The van der Waals surface area contributed by atoms with Crippen LogP contribution in [0.5, 0.6) is 5.75 Å². The van der Waals surface area contributed by atoms with E-state index < -0.39 is 6.61 Å². The van der Waals surface area contributed by atoms with Crippen molar-refractivity contribution in [2.75, 3.05) is 39.4 Å². The number of nitrogens with two attached hydrogens (primary N) is 1. The second-order valence-electron chi connectivity index (χ2n) is 5.46. The van der Waals surface area contributed by atoms with Crippen LogP contribution in [0.1, 0.15) is 12.0 Å². The van der Waals surface area contributed by atoms with E-state index in [1.54, 1.807) is 12.1 Å². The number of hydrogen-bond acceptors (Lipinski definition) is 4. The van der Waals surface area contributed by atoms with Crippen molar-refractivity contribution >= 4 is 29.9 Å². The lowest BCUT2D eigenvalue weighted by Crippen LogP contribution is -2.39. The predicted molar refractivity (Wildman–Crippen MR) is 104 cm³/mol. The van der Waals surface area contributed by atoms with Crippen LogP contribution in [-0.4, -0.2) is 56.9 Å². The molecule has 1 aliphatic heterocycles. The van der Waals surface area contributed by atoms with E-state index >= 15 is 0 Å². The van der Waals surface area contributed by atoms with Crippen LogP contribution >= 0.6 is 24.0 Å². The smallest absolute Gasteiger partial charge is 0.387 e. The summed E-state index contributed by atoms with van der Waals surface area (Å²) in [4.78, 5) is 6.56. The van der Waals surface area contributed by atoms with Crippen molar-refractivity contribution in [1.29, 1.82) is 0 Å². The Hall–Kier alpha value is -1.20. The van der Waals surface area contributed by atoms with Crippen molar-refractivity contribution in [1.82, 2.24) is 10.2 Å². The van der Waals surface area contributed by atoms with E-state index in [1.807, 2.05) is 0 Å². The molecular formula is C16H25F2IN4O2. The molecular weight excluding hydrogens is 445 g/mol. The molecule has 1 aromatic carbocycles. The van der Waals surface area contributed by atoms with Crippen molar-refractivity contribution in [3.8, 4) is 5.75 Å². The van der Waals surface area contributed by atoms with Crippen LogP contribution in [0.15, 0.2) is 29.3 Å². The quantitative estimate of drug-likeness (QED) is 0.264. The Morgan fingerprint density at radius 2 is 2.12 bits per heavy atom. The molecule has 0 amide bonds. The van der Waals surface area contributed by atoms with Gasteiger partial charge in [-0.05, 0) is 30.7 Å². The molecule has 1 aliphatic rings. The van der Waals surface area contributed by atoms with E-state index in [0.717, 1.165) is 51.4 Å². The van der Waals surface area contributed by atoms with E-state index in [4.69, 9.17) is 10.5 Å². The minimum absolute atomic E-state index is 0. The molecule has 0 bridgehead atoms. The third kappa shape index (κ3) is 9.17.